The van der Waals surface area contributed by atoms with E-state index in [0.717, 1.165) is 0 Å². The van der Waals surface area contributed by atoms with Crippen LogP contribution in [0.5, 0.6) is 0 Å². The van der Waals surface area contributed by atoms with Crippen molar-refractivity contribution in [2.24, 2.45) is 0 Å². The molecule has 0 unspecified atom stereocenters. The van der Waals surface area contributed by atoms with Crippen molar-refractivity contribution in [1.29, 1.82) is 0 Å². The number of hydrogen-bond donors (Lipinski definition) is 0. The summed E-state index contributed by atoms with van der Waals surface area (Å²) in [6, 6.07) is -6.56. The molecule has 0 radical (unpaired) electrons. The summed E-state index contributed by atoms with van der Waals surface area (Å²) >= 11 is 0. The third-order valence-electron chi connectivity index (χ3n) is 0.494. The van der Waals surface area contributed by atoms with E-state index < -0.39 is 18.0 Å². The van der Waals surface area contributed by atoms with Crippen LogP contribution < -0.4 is 0 Å². The van der Waals surface area contributed by atoms with Crippen molar-refractivity contribution in [1.82, 2.24) is 0 Å². The maximum absolute atomic E-state index is 11.2. The first-order chi connectivity index (χ1) is 3.89. The molecule has 9 heavy (non-hydrogen) atoms. The normalized spacial score (nSPS) is 11.1. The first kappa shape index (κ1) is 8.06. The maximum Gasteiger partial charge on any atom is 0.423 e. The number of hydrogen-bond acceptors (Lipinski definition) is 2. The zero-order valence-electron chi connectivity index (χ0n) is 3.83. The van der Waals surface area contributed by atoms with Crippen LogP contribution in [0.25, 0.3) is 0 Å². The van der Waals surface area contributed by atoms with Crippen molar-refractivity contribution in [2.75, 3.05) is 0 Å². The van der Waals surface area contributed by atoms with Gasteiger partial charge in [-0.05, 0) is 0 Å². The van der Waals surface area contributed by atoms with E-state index in [1.54, 1.807) is 0 Å². The van der Waals surface area contributed by atoms with E-state index in [9.17, 15) is 17.6 Å². The molecule has 0 aliphatic rings. The number of carbonyl (C=O) groups is 2. The molecule has 0 aromatic heterocycles. The Morgan fingerprint density at radius 1 is 1.00 bits per heavy atom. The van der Waals surface area contributed by atoms with Crippen LogP contribution in [0, 0.1) is 0 Å². The van der Waals surface area contributed by atoms with Crippen molar-refractivity contribution in [3.8, 4) is 0 Å². The Balaban J connectivity index is 4.38. The van der Waals surface area contributed by atoms with E-state index in [-0.39, 0.29) is 0 Å². The molecule has 0 atom stereocenters. The van der Waals surface area contributed by atoms with E-state index in [1.165, 1.54) is 0 Å². The van der Waals surface area contributed by atoms with Crippen LogP contribution in [0.4, 0.5) is 17.6 Å². The zero-order valence-corrected chi connectivity index (χ0v) is 3.83. The quantitative estimate of drug-likeness (QED) is 0.323. The van der Waals surface area contributed by atoms with Crippen molar-refractivity contribution < 1.29 is 27.2 Å². The molecule has 0 saturated carbocycles. The lowest BCUT2D eigenvalue weighted by Gasteiger charge is -1.99. The minimum Gasteiger partial charge on any atom is -0.253 e. The Morgan fingerprint density at radius 2 is 1.22 bits per heavy atom. The van der Waals surface area contributed by atoms with E-state index in [2.05, 4.69) is 0 Å². The second-order valence-corrected chi connectivity index (χ2v) is 1.12. The van der Waals surface area contributed by atoms with Crippen LogP contribution in [0.2, 0.25) is 0 Å². The lowest BCUT2D eigenvalue weighted by Crippen LogP contribution is -2.32. The molecule has 6 heteroatoms. The number of alkyl halides is 2. The predicted octanol–water partition coefficient (Wildman–Crippen LogP) is 0.614. The molecule has 0 heterocycles. The summed E-state index contributed by atoms with van der Waals surface area (Å²) < 4.78 is 44.2. The van der Waals surface area contributed by atoms with Crippen LogP contribution in [0.3, 0.4) is 0 Å². The smallest absolute Gasteiger partial charge is 0.253 e. The second kappa shape index (κ2) is 2.12. The SMILES string of the molecule is O=C(F)C(F)(F)C(=O)F. The molecule has 0 aliphatic heterocycles. The summed E-state index contributed by atoms with van der Waals surface area (Å²) in [7, 11) is 0. The average Bonchev–Trinajstić information content (AvgIpc) is 1.65. The van der Waals surface area contributed by atoms with Crippen LogP contribution in [-0.4, -0.2) is 18.0 Å². The van der Waals surface area contributed by atoms with Crippen LogP contribution >= 0.6 is 0 Å². The van der Waals surface area contributed by atoms with Crippen molar-refractivity contribution in [2.45, 2.75) is 5.92 Å². The predicted molar refractivity (Wildman–Crippen MR) is 17.2 cm³/mol. The molecule has 0 spiro atoms. The highest BCUT2D eigenvalue weighted by Gasteiger charge is 2.48. The average molecular weight is 144 g/mol. The molecule has 0 N–H and O–H groups in total. The van der Waals surface area contributed by atoms with Gasteiger partial charge in [-0.3, -0.25) is 9.59 Å². The van der Waals surface area contributed by atoms with Gasteiger partial charge < -0.3 is 0 Å². The van der Waals surface area contributed by atoms with E-state index in [0.29, 0.717) is 0 Å². The van der Waals surface area contributed by atoms with Crippen LogP contribution in [0.15, 0.2) is 0 Å². The Labute approximate surface area is 46.5 Å². The summed E-state index contributed by atoms with van der Waals surface area (Å²) in [5, 5.41) is 0. The van der Waals surface area contributed by atoms with Gasteiger partial charge >= 0.3 is 18.0 Å². The van der Waals surface area contributed by atoms with Gasteiger partial charge in [0, 0.05) is 0 Å². The third kappa shape index (κ3) is 1.48. The minimum absolute atomic E-state index is 3.28. The van der Waals surface area contributed by atoms with Crippen molar-refractivity contribution in [3.05, 3.63) is 0 Å². The molecule has 0 aromatic rings. The third-order valence-corrected chi connectivity index (χ3v) is 0.494. The Hall–Kier alpha value is -0.940. The fourth-order valence-electron chi connectivity index (χ4n) is 0.0773. The molecule has 52 valence electrons. The molecule has 0 aliphatic carbocycles. The number of carbonyl (C=O) groups excluding carboxylic acids is 2. The van der Waals surface area contributed by atoms with E-state index in [4.69, 9.17) is 9.59 Å². The fourth-order valence-corrected chi connectivity index (χ4v) is 0.0773. The Bertz CT molecular complexity index is 136. The molecule has 0 bridgehead atoms. The van der Waals surface area contributed by atoms with Gasteiger partial charge in [0.25, 0.3) is 0 Å². The van der Waals surface area contributed by atoms with Gasteiger partial charge in [-0.1, -0.05) is 0 Å². The van der Waals surface area contributed by atoms with Gasteiger partial charge in [0.05, 0.1) is 0 Å². The summed E-state index contributed by atoms with van der Waals surface area (Å²) in [4.78, 5) is 18.1. The summed E-state index contributed by atoms with van der Waals surface area (Å²) in [6.45, 7) is 0. The van der Waals surface area contributed by atoms with Crippen LogP contribution in [-0.2, 0) is 9.59 Å². The molecule has 2 nitrogen and oxygen atoms in total. The van der Waals surface area contributed by atoms with Gasteiger partial charge in [0.15, 0.2) is 0 Å². The van der Waals surface area contributed by atoms with Gasteiger partial charge in [-0.2, -0.15) is 17.6 Å². The van der Waals surface area contributed by atoms with Crippen LogP contribution in [0.1, 0.15) is 0 Å². The lowest BCUT2D eigenvalue weighted by atomic mass is 10.4. The second-order valence-electron chi connectivity index (χ2n) is 1.12. The van der Waals surface area contributed by atoms with Gasteiger partial charge in [0.1, 0.15) is 0 Å². The highest BCUT2D eigenvalue weighted by molar-refractivity contribution is 6.00. The monoisotopic (exact) mass is 144 g/mol. The number of rotatable bonds is 2. The minimum atomic E-state index is -5.11. The summed E-state index contributed by atoms with van der Waals surface area (Å²) in [5.41, 5.74) is 0. The molecule has 0 aromatic carbocycles. The van der Waals surface area contributed by atoms with Gasteiger partial charge in [-0.25, -0.2) is 0 Å². The van der Waals surface area contributed by atoms with E-state index in [1.807, 2.05) is 0 Å². The maximum atomic E-state index is 11.2. The van der Waals surface area contributed by atoms with E-state index >= 15 is 0 Å². The topological polar surface area (TPSA) is 34.1 Å². The first-order valence-corrected chi connectivity index (χ1v) is 1.66. The molecular weight excluding hydrogens is 144 g/mol. The lowest BCUT2D eigenvalue weighted by molar-refractivity contribution is -0.171. The Kier molecular flexibility index (Phi) is 1.90. The highest BCUT2D eigenvalue weighted by atomic mass is 19.3. The van der Waals surface area contributed by atoms with Gasteiger partial charge in [-0.15, -0.1) is 0 Å². The zero-order chi connectivity index (χ0) is 7.65. The molecule has 0 saturated heterocycles. The standard InChI is InChI=1S/C3F4O2/c4-1(8)3(6,7)2(5)9. The molecule has 0 amide bonds. The van der Waals surface area contributed by atoms with Gasteiger partial charge in [0.2, 0.25) is 0 Å². The first-order valence-electron chi connectivity index (χ1n) is 1.66. The van der Waals surface area contributed by atoms with Crippen molar-refractivity contribution >= 4 is 12.1 Å². The number of halogens is 4. The summed E-state index contributed by atoms with van der Waals surface area (Å²) in [5.74, 6) is -5.11. The molecular formula is C3F4O2. The molecule has 0 rings (SSSR count). The fraction of sp³-hybridized carbons (Fsp3) is 0.333. The van der Waals surface area contributed by atoms with Crippen molar-refractivity contribution in [3.63, 3.8) is 0 Å². The Morgan fingerprint density at radius 3 is 1.22 bits per heavy atom. The largest absolute Gasteiger partial charge is 0.423 e. The molecule has 0 fully saturated rings. The summed E-state index contributed by atoms with van der Waals surface area (Å²) in [6.07, 6.45) is 0. The highest BCUT2D eigenvalue weighted by Crippen LogP contribution is 2.16.